The SMILES string of the molecule is CS(=O)(=O)N1CCC(C(=O)N2CCN(C[C@H](O)c3cccs3)CC2)CC1. The Balaban J connectivity index is 1.44. The number of rotatable bonds is 5. The van der Waals surface area contributed by atoms with E-state index in [4.69, 9.17) is 0 Å². The molecule has 9 heteroatoms. The highest BCUT2D eigenvalue weighted by Crippen LogP contribution is 2.23. The van der Waals surface area contributed by atoms with Crippen LogP contribution in [0.25, 0.3) is 0 Å². The number of thiophene rings is 1. The monoisotopic (exact) mass is 401 g/mol. The molecule has 2 fully saturated rings. The fourth-order valence-electron chi connectivity index (χ4n) is 3.66. The van der Waals surface area contributed by atoms with Crippen molar-refractivity contribution in [3.05, 3.63) is 22.4 Å². The van der Waals surface area contributed by atoms with E-state index >= 15 is 0 Å². The van der Waals surface area contributed by atoms with Crippen molar-refractivity contribution in [3.63, 3.8) is 0 Å². The highest BCUT2D eigenvalue weighted by Gasteiger charge is 2.32. The van der Waals surface area contributed by atoms with Gasteiger partial charge in [-0.05, 0) is 24.3 Å². The van der Waals surface area contributed by atoms with E-state index in [1.54, 1.807) is 11.3 Å². The van der Waals surface area contributed by atoms with E-state index in [1.165, 1.54) is 10.6 Å². The third-order valence-corrected chi connectivity index (χ3v) is 7.54. The lowest BCUT2D eigenvalue weighted by Crippen LogP contribution is -2.52. The van der Waals surface area contributed by atoms with E-state index in [1.807, 2.05) is 22.4 Å². The van der Waals surface area contributed by atoms with Crippen molar-refractivity contribution in [1.29, 1.82) is 0 Å². The van der Waals surface area contributed by atoms with Gasteiger partial charge in [0.2, 0.25) is 15.9 Å². The predicted molar refractivity (Wildman–Crippen MR) is 101 cm³/mol. The summed E-state index contributed by atoms with van der Waals surface area (Å²) < 4.78 is 24.6. The number of hydrogen-bond donors (Lipinski definition) is 1. The molecule has 26 heavy (non-hydrogen) atoms. The molecule has 1 amide bonds. The number of piperazine rings is 1. The number of nitrogens with zero attached hydrogens (tertiary/aromatic N) is 3. The maximum absolute atomic E-state index is 12.7. The Morgan fingerprint density at radius 2 is 1.88 bits per heavy atom. The number of piperidine rings is 1. The quantitative estimate of drug-likeness (QED) is 0.781. The molecule has 1 atom stereocenters. The summed E-state index contributed by atoms with van der Waals surface area (Å²) in [6.07, 6.45) is 1.95. The second-order valence-corrected chi connectivity index (χ2v) is 10.1. The molecule has 3 heterocycles. The van der Waals surface area contributed by atoms with Crippen LogP contribution in [0.2, 0.25) is 0 Å². The Bertz CT molecular complexity index is 692. The second-order valence-electron chi connectivity index (χ2n) is 7.09. The van der Waals surface area contributed by atoms with Crippen LogP contribution >= 0.6 is 11.3 Å². The van der Waals surface area contributed by atoms with Crippen molar-refractivity contribution >= 4 is 27.3 Å². The standard InChI is InChI=1S/C17H27N3O4S2/c1-26(23,24)20-6-4-14(5-7-20)17(22)19-10-8-18(9-11-19)13-15(21)16-3-2-12-25-16/h2-3,12,14-15,21H,4-11,13H2,1H3/t15-/m0/s1. The Morgan fingerprint density at radius 1 is 1.23 bits per heavy atom. The van der Waals surface area contributed by atoms with Crippen LogP contribution in [-0.4, -0.2) is 85.6 Å². The smallest absolute Gasteiger partial charge is 0.225 e. The third kappa shape index (κ3) is 4.83. The van der Waals surface area contributed by atoms with E-state index in [9.17, 15) is 18.3 Å². The number of aliphatic hydroxyl groups is 1. The Hall–Kier alpha value is -1.00. The highest BCUT2D eigenvalue weighted by molar-refractivity contribution is 7.88. The molecule has 1 N–H and O–H groups in total. The van der Waals surface area contributed by atoms with Crippen LogP contribution in [0.5, 0.6) is 0 Å². The average molecular weight is 402 g/mol. The van der Waals surface area contributed by atoms with Gasteiger partial charge in [0.15, 0.2) is 0 Å². The summed E-state index contributed by atoms with van der Waals surface area (Å²) in [7, 11) is -3.16. The number of β-amino-alcohol motifs (C(OH)–C–C–N with tert-alkyl or cyclic N) is 1. The number of amides is 1. The van der Waals surface area contributed by atoms with E-state index in [2.05, 4.69) is 4.90 Å². The molecule has 0 aliphatic carbocycles. The predicted octanol–water partition coefficient (Wildman–Crippen LogP) is 0.597. The zero-order chi connectivity index (χ0) is 18.7. The summed E-state index contributed by atoms with van der Waals surface area (Å²) >= 11 is 1.56. The summed E-state index contributed by atoms with van der Waals surface area (Å²) in [5.74, 6) is 0.0767. The molecule has 0 spiro atoms. The lowest BCUT2D eigenvalue weighted by atomic mass is 9.96. The lowest BCUT2D eigenvalue weighted by Gasteiger charge is -2.38. The molecule has 7 nitrogen and oxygen atoms in total. The topological polar surface area (TPSA) is 81.2 Å². The minimum atomic E-state index is -3.16. The summed E-state index contributed by atoms with van der Waals surface area (Å²) in [6.45, 7) is 4.32. The van der Waals surface area contributed by atoms with Crippen LogP contribution in [0.1, 0.15) is 23.8 Å². The van der Waals surface area contributed by atoms with Gasteiger partial charge in [0, 0.05) is 56.6 Å². The first-order valence-corrected chi connectivity index (χ1v) is 11.7. The van der Waals surface area contributed by atoms with Gasteiger partial charge in [-0.15, -0.1) is 11.3 Å². The summed E-state index contributed by atoms with van der Waals surface area (Å²) in [5.41, 5.74) is 0. The number of sulfonamides is 1. The number of aliphatic hydroxyl groups excluding tert-OH is 1. The van der Waals surface area contributed by atoms with Crippen LogP contribution in [-0.2, 0) is 14.8 Å². The molecular formula is C17H27N3O4S2. The van der Waals surface area contributed by atoms with Gasteiger partial charge < -0.3 is 10.0 Å². The largest absolute Gasteiger partial charge is 0.386 e. The fourth-order valence-corrected chi connectivity index (χ4v) is 5.24. The van der Waals surface area contributed by atoms with Crippen molar-refractivity contribution in [2.45, 2.75) is 18.9 Å². The first-order chi connectivity index (χ1) is 12.3. The molecule has 2 aliphatic rings. The van der Waals surface area contributed by atoms with Crippen molar-refractivity contribution in [3.8, 4) is 0 Å². The molecule has 2 saturated heterocycles. The molecule has 0 bridgehead atoms. The van der Waals surface area contributed by atoms with Gasteiger partial charge in [0.25, 0.3) is 0 Å². The zero-order valence-electron chi connectivity index (χ0n) is 15.1. The molecule has 1 aromatic rings. The van der Waals surface area contributed by atoms with Crippen LogP contribution in [0, 0.1) is 5.92 Å². The normalized spacial score (nSPS) is 22.5. The molecule has 0 radical (unpaired) electrons. The van der Waals surface area contributed by atoms with Gasteiger partial charge in [0.1, 0.15) is 6.10 Å². The molecule has 2 aliphatic heterocycles. The number of hydrogen-bond acceptors (Lipinski definition) is 6. The van der Waals surface area contributed by atoms with Crippen LogP contribution < -0.4 is 0 Å². The maximum Gasteiger partial charge on any atom is 0.225 e. The van der Waals surface area contributed by atoms with Gasteiger partial charge in [-0.2, -0.15) is 0 Å². The Morgan fingerprint density at radius 3 is 2.42 bits per heavy atom. The van der Waals surface area contributed by atoms with Gasteiger partial charge in [-0.1, -0.05) is 6.07 Å². The number of carbonyl (C=O) groups is 1. The van der Waals surface area contributed by atoms with Crippen LogP contribution in [0.4, 0.5) is 0 Å². The highest BCUT2D eigenvalue weighted by atomic mass is 32.2. The fraction of sp³-hybridized carbons (Fsp3) is 0.706. The average Bonchev–Trinajstić information content (AvgIpc) is 3.16. The summed E-state index contributed by atoms with van der Waals surface area (Å²) in [6, 6.07) is 3.88. The van der Waals surface area contributed by atoms with Gasteiger partial charge in [0.05, 0.1) is 6.26 Å². The van der Waals surface area contributed by atoms with Crippen molar-refractivity contribution in [1.82, 2.24) is 14.1 Å². The summed E-state index contributed by atoms with van der Waals surface area (Å²) in [5, 5.41) is 12.2. The molecule has 0 unspecified atom stereocenters. The molecule has 146 valence electrons. The van der Waals surface area contributed by atoms with Crippen LogP contribution in [0.15, 0.2) is 17.5 Å². The van der Waals surface area contributed by atoms with Crippen molar-refractivity contribution < 1.29 is 18.3 Å². The van der Waals surface area contributed by atoms with Crippen molar-refractivity contribution in [2.24, 2.45) is 5.92 Å². The maximum atomic E-state index is 12.7. The molecule has 0 saturated carbocycles. The first kappa shape index (κ1) is 19.8. The van der Waals surface area contributed by atoms with Crippen LogP contribution in [0.3, 0.4) is 0 Å². The van der Waals surface area contributed by atoms with E-state index in [-0.39, 0.29) is 11.8 Å². The summed E-state index contributed by atoms with van der Waals surface area (Å²) in [4.78, 5) is 17.8. The van der Waals surface area contributed by atoms with E-state index in [0.717, 1.165) is 18.0 Å². The van der Waals surface area contributed by atoms with E-state index in [0.29, 0.717) is 45.6 Å². The van der Waals surface area contributed by atoms with E-state index < -0.39 is 16.1 Å². The number of carbonyl (C=O) groups excluding carboxylic acids is 1. The first-order valence-electron chi connectivity index (χ1n) is 9.02. The Labute approximate surface area is 159 Å². The minimum absolute atomic E-state index is 0.0729. The lowest BCUT2D eigenvalue weighted by molar-refractivity contribution is -0.138. The molecule has 0 aromatic carbocycles. The van der Waals surface area contributed by atoms with Gasteiger partial charge in [-0.3, -0.25) is 9.69 Å². The van der Waals surface area contributed by atoms with Gasteiger partial charge >= 0.3 is 0 Å². The second kappa shape index (κ2) is 8.35. The molecule has 1 aromatic heterocycles. The minimum Gasteiger partial charge on any atom is -0.386 e. The van der Waals surface area contributed by atoms with Gasteiger partial charge in [-0.25, -0.2) is 12.7 Å². The molecule has 3 rings (SSSR count). The molecular weight excluding hydrogens is 374 g/mol. The Kier molecular flexibility index (Phi) is 6.34. The zero-order valence-corrected chi connectivity index (χ0v) is 16.7. The van der Waals surface area contributed by atoms with Crippen molar-refractivity contribution in [2.75, 3.05) is 52.1 Å². The third-order valence-electron chi connectivity index (χ3n) is 5.26.